The first-order valence-electron chi connectivity index (χ1n) is 6.82. The molecule has 1 heterocycles. The molecule has 1 aliphatic carbocycles. The molecule has 0 unspecified atom stereocenters. The molecule has 0 aromatic carbocycles. The molecule has 102 valence electrons. The standard InChI is InChI=1S/C13H25N5/c1-10-12(14)13(18(3)16-10)15-8-9-17(2)11-6-4-5-7-11/h11,15H,4-9,14H2,1-3H3. The van der Waals surface area contributed by atoms with Crippen molar-refractivity contribution in [3.63, 3.8) is 0 Å². The first-order chi connectivity index (χ1) is 8.59. The van der Waals surface area contributed by atoms with E-state index < -0.39 is 0 Å². The molecular formula is C13H25N5. The highest BCUT2D eigenvalue weighted by Gasteiger charge is 2.19. The smallest absolute Gasteiger partial charge is 0.147 e. The van der Waals surface area contributed by atoms with Gasteiger partial charge in [-0.1, -0.05) is 12.8 Å². The van der Waals surface area contributed by atoms with Crippen molar-refractivity contribution >= 4 is 11.5 Å². The SMILES string of the molecule is Cc1nn(C)c(NCCN(C)C2CCCC2)c1N. The zero-order chi connectivity index (χ0) is 13.1. The summed E-state index contributed by atoms with van der Waals surface area (Å²) in [6.45, 7) is 3.90. The van der Waals surface area contributed by atoms with Gasteiger partial charge in [-0.15, -0.1) is 0 Å². The predicted octanol–water partition coefficient (Wildman–Crippen LogP) is 1.60. The fourth-order valence-electron chi connectivity index (χ4n) is 2.76. The van der Waals surface area contributed by atoms with Crippen molar-refractivity contribution in [3.8, 4) is 0 Å². The zero-order valence-electron chi connectivity index (χ0n) is 11.7. The van der Waals surface area contributed by atoms with Crippen LogP contribution in [0.25, 0.3) is 0 Å². The average molecular weight is 251 g/mol. The van der Waals surface area contributed by atoms with E-state index in [0.29, 0.717) is 0 Å². The molecule has 0 spiro atoms. The summed E-state index contributed by atoms with van der Waals surface area (Å²) in [6, 6.07) is 0.775. The maximum absolute atomic E-state index is 5.98. The van der Waals surface area contributed by atoms with Gasteiger partial charge in [0.05, 0.1) is 11.4 Å². The Morgan fingerprint density at radius 2 is 2.11 bits per heavy atom. The van der Waals surface area contributed by atoms with Gasteiger partial charge >= 0.3 is 0 Å². The number of nitrogens with zero attached hydrogens (tertiary/aromatic N) is 3. The summed E-state index contributed by atoms with van der Waals surface area (Å²) in [4.78, 5) is 2.46. The lowest BCUT2D eigenvalue weighted by molar-refractivity contribution is 0.254. The number of aromatic nitrogens is 2. The van der Waals surface area contributed by atoms with Gasteiger partial charge < -0.3 is 16.0 Å². The van der Waals surface area contributed by atoms with Crippen LogP contribution in [-0.2, 0) is 7.05 Å². The second-order valence-electron chi connectivity index (χ2n) is 5.32. The van der Waals surface area contributed by atoms with Gasteiger partial charge in [0, 0.05) is 26.2 Å². The molecule has 0 bridgehead atoms. The Morgan fingerprint density at radius 1 is 1.44 bits per heavy atom. The molecule has 0 aliphatic heterocycles. The normalized spacial score (nSPS) is 16.7. The van der Waals surface area contributed by atoms with Crippen LogP contribution in [0.4, 0.5) is 11.5 Å². The molecule has 0 atom stereocenters. The molecule has 2 rings (SSSR count). The lowest BCUT2D eigenvalue weighted by atomic mass is 10.2. The summed E-state index contributed by atoms with van der Waals surface area (Å²) in [5, 5.41) is 7.69. The Labute approximate surface area is 109 Å². The number of nitrogen functional groups attached to an aromatic ring is 1. The van der Waals surface area contributed by atoms with Crippen LogP contribution in [0, 0.1) is 6.92 Å². The van der Waals surface area contributed by atoms with E-state index in [0.717, 1.165) is 36.3 Å². The minimum absolute atomic E-state index is 0.765. The molecule has 0 radical (unpaired) electrons. The van der Waals surface area contributed by atoms with Crippen LogP contribution in [0.15, 0.2) is 0 Å². The first-order valence-corrected chi connectivity index (χ1v) is 6.82. The number of anilines is 2. The first kappa shape index (κ1) is 13.2. The maximum atomic E-state index is 5.98. The summed E-state index contributed by atoms with van der Waals surface area (Å²) in [6.07, 6.45) is 5.47. The van der Waals surface area contributed by atoms with Gasteiger partial charge in [-0.25, -0.2) is 0 Å². The fourth-order valence-corrected chi connectivity index (χ4v) is 2.76. The number of hydrogen-bond donors (Lipinski definition) is 2. The molecule has 5 nitrogen and oxygen atoms in total. The summed E-state index contributed by atoms with van der Waals surface area (Å²) >= 11 is 0. The quantitative estimate of drug-likeness (QED) is 0.834. The Hall–Kier alpha value is -1.23. The predicted molar refractivity (Wildman–Crippen MR) is 75.7 cm³/mol. The van der Waals surface area contributed by atoms with Crippen LogP contribution in [-0.4, -0.2) is 40.9 Å². The van der Waals surface area contributed by atoms with Crippen molar-refractivity contribution in [3.05, 3.63) is 5.69 Å². The number of likely N-dealkylation sites (N-methyl/N-ethyl adjacent to an activating group) is 1. The van der Waals surface area contributed by atoms with Crippen molar-refractivity contribution < 1.29 is 0 Å². The van der Waals surface area contributed by atoms with E-state index in [2.05, 4.69) is 22.4 Å². The summed E-state index contributed by atoms with van der Waals surface area (Å²) in [5.41, 5.74) is 7.64. The Morgan fingerprint density at radius 3 is 2.67 bits per heavy atom. The van der Waals surface area contributed by atoms with E-state index >= 15 is 0 Å². The van der Waals surface area contributed by atoms with Crippen LogP contribution in [0.1, 0.15) is 31.4 Å². The largest absolute Gasteiger partial charge is 0.394 e. The van der Waals surface area contributed by atoms with Gasteiger partial charge in [0.2, 0.25) is 0 Å². The molecule has 5 heteroatoms. The minimum atomic E-state index is 0.765. The highest BCUT2D eigenvalue weighted by Crippen LogP contribution is 2.23. The van der Waals surface area contributed by atoms with Crippen LogP contribution in [0.5, 0.6) is 0 Å². The van der Waals surface area contributed by atoms with Crippen molar-refractivity contribution in [1.82, 2.24) is 14.7 Å². The minimum Gasteiger partial charge on any atom is -0.394 e. The van der Waals surface area contributed by atoms with E-state index in [1.807, 2.05) is 18.7 Å². The number of hydrogen-bond acceptors (Lipinski definition) is 4. The van der Waals surface area contributed by atoms with Crippen molar-refractivity contribution in [2.45, 2.75) is 38.6 Å². The third-order valence-corrected chi connectivity index (χ3v) is 3.97. The van der Waals surface area contributed by atoms with Crippen LogP contribution >= 0.6 is 0 Å². The Balaban J connectivity index is 1.81. The van der Waals surface area contributed by atoms with Crippen LogP contribution in [0.2, 0.25) is 0 Å². The highest BCUT2D eigenvalue weighted by molar-refractivity contribution is 5.64. The van der Waals surface area contributed by atoms with E-state index in [1.165, 1.54) is 25.7 Å². The zero-order valence-corrected chi connectivity index (χ0v) is 11.7. The maximum Gasteiger partial charge on any atom is 0.147 e. The third kappa shape index (κ3) is 2.77. The monoisotopic (exact) mass is 251 g/mol. The van der Waals surface area contributed by atoms with Gasteiger partial charge in [-0.05, 0) is 26.8 Å². The van der Waals surface area contributed by atoms with E-state index in [9.17, 15) is 0 Å². The van der Waals surface area contributed by atoms with E-state index in [1.54, 1.807) is 0 Å². The average Bonchev–Trinajstić information content (AvgIpc) is 2.93. The van der Waals surface area contributed by atoms with Gasteiger partial charge in [0.1, 0.15) is 5.82 Å². The van der Waals surface area contributed by atoms with Crippen LogP contribution < -0.4 is 11.1 Å². The third-order valence-electron chi connectivity index (χ3n) is 3.97. The second kappa shape index (κ2) is 5.61. The molecule has 0 saturated heterocycles. The fraction of sp³-hybridized carbons (Fsp3) is 0.769. The van der Waals surface area contributed by atoms with Crippen molar-refractivity contribution in [2.75, 3.05) is 31.2 Å². The summed E-state index contributed by atoms with van der Waals surface area (Å²) < 4.78 is 1.82. The Kier molecular flexibility index (Phi) is 4.11. The van der Waals surface area contributed by atoms with E-state index in [4.69, 9.17) is 5.73 Å². The molecule has 18 heavy (non-hydrogen) atoms. The van der Waals surface area contributed by atoms with Gasteiger partial charge in [0.25, 0.3) is 0 Å². The molecule has 1 aliphatic rings. The molecule has 0 amide bonds. The molecule has 1 aromatic heterocycles. The van der Waals surface area contributed by atoms with E-state index in [-0.39, 0.29) is 0 Å². The van der Waals surface area contributed by atoms with Crippen LogP contribution in [0.3, 0.4) is 0 Å². The number of nitrogens with one attached hydrogen (secondary N) is 1. The molecule has 1 fully saturated rings. The summed E-state index contributed by atoms with van der Waals surface area (Å²) in [7, 11) is 4.14. The van der Waals surface area contributed by atoms with Crippen molar-refractivity contribution in [1.29, 1.82) is 0 Å². The number of aryl methyl sites for hydroxylation is 2. The lowest BCUT2D eigenvalue weighted by Gasteiger charge is -2.24. The van der Waals surface area contributed by atoms with Gasteiger partial charge in [-0.3, -0.25) is 4.68 Å². The molecule has 1 aromatic rings. The Bertz CT molecular complexity index is 392. The molecular weight excluding hydrogens is 226 g/mol. The van der Waals surface area contributed by atoms with Crippen molar-refractivity contribution in [2.24, 2.45) is 7.05 Å². The number of rotatable bonds is 5. The second-order valence-corrected chi connectivity index (χ2v) is 5.32. The number of nitrogens with two attached hydrogens (primary N) is 1. The molecule has 3 N–H and O–H groups in total. The highest BCUT2D eigenvalue weighted by atomic mass is 15.3. The summed E-state index contributed by atoms with van der Waals surface area (Å²) in [5.74, 6) is 0.937. The molecule has 1 saturated carbocycles. The van der Waals surface area contributed by atoms with Gasteiger partial charge in [0.15, 0.2) is 0 Å². The lowest BCUT2D eigenvalue weighted by Crippen LogP contribution is -2.33. The van der Waals surface area contributed by atoms with Gasteiger partial charge in [-0.2, -0.15) is 5.10 Å². The topological polar surface area (TPSA) is 59.1 Å².